The Bertz CT molecular complexity index is 685. The van der Waals surface area contributed by atoms with E-state index in [0.29, 0.717) is 12.4 Å². The van der Waals surface area contributed by atoms with E-state index in [0.717, 1.165) is 5.56 Å². The molecule has 0 radical (unpaired) electrons. The SMILES string of the molecule is CCOC(=O)Nc1ccc(OCc2ccccc2)cc1C(=O)O. The molecule has 0 aliphatic carbocycles. The Labute approximate surface area is 133 Å². The highest BCUT2D eigenvalue weighted by Crippen LogP contribution is 2.23. The van der Waals surface area contributed by atoms with E-state index in [1.807, 2.05) is 30.3 Å². The molecule has 0 aromatic heterocycles. The zero-order chi connectivity index (χ0) is 16.7. The van der Waals surface area contributed by atoms with Crippen molar-refractivity contribution in [2.45, 2.75) is 13.5 Å². The van der Waals surface area contributed by atoms with E-state index in [1.54, 1.807) is 13.0 Å². The summed E-state index contributed by atoms with van der Waals surface area (Å²) in [4.78, 5) is 22.8. The smallest absolute Gasteiger partial charge is 0.411 e. The minimum Gasteiger partial charge on any atom is -0.489 e. The predicted molar refractivity (Wildman–Crippen MR) is 84.8 cm³/mol. The second-order valence-electron chi connectivity index (χ2n) is 4.63. The molecule has 2 N–H and O–H groups in total. The molecular formula is C17H17NO5. The molecule has 0 aliphatic heterocycles. The van der Waals surface area contributed by atoms with Crippen LogP contribution in [0.1, 0.15) is 22.8 Å². The fourth-order valence-electron chi connectivity index (χ4n) is 1.92. The van der Waals surface area contributed by atoms with Crippen molar-refractivity contribution in [1.82, 2.24) is 0 Å². The molecule has 23 heavy (non-hydrogen) atoms. The molecule has 2 aromatic rings. The second-order valence-corrected chi connectivity index (χ2v) is 4.63. The maximum atomic E-state index is 11.4. The first-order chi connectivity index (χ1) is 11.1. The maximum absolute atomic E-state index is 11.4. The van der Waals surface area contributed by atoms with Crippen LogP contribution in [0.3, 0.4) is 0 Å². The number of nitrogens with one attached hydrogen (secondary N) is 1. The van der Waals surface area contributed by atoms with Gasteiger partial charge in [0.25, 0.3) is 0 Å². The maximum Gasteiger partial charge on any atom is 0.411 e. The Morgan fingerprint density at radius 2 is 1.87 bits per heavy atom. The Balaban J connectivity index is 2.12. The monoisotopic (exact) mass is 315 g/mol. The molecule has 120 valence electrons. The van der Waals surface area contributed by atoms with E-state index in [-0.39, 0.29) is 17.9 Å². The first-order valence-electron chi connectivity index (χ1n) is 7.08. The van der Waals surface area contributed by atoms with Gasteiger partial charge in [0.2, 0.25) is 0 Å². The second kappa shape index (κ2) is 7.84. The standard InChI is InChI=1S/C17H17NO5/c1-2-22-17(21)18-15-9-8-13(10-14(15)16(19)20)23-11-12-6-4-3-5-7-12/h3-10H,2,11H2,1H3,(H,18,21)(H,19,20). The number of benzene rings is 2. The summed E-state index contributed by atoms with van der Waals surface area (Å²) >= 11 is 0. The van der Waals surface area contributed by atoms with Crippen LogP contribution in [0.5, 0.6) is 5.75 Å². The Kier molecular flexibility index (Phi) is 5.57. The highest BCUT2D eigenvalue weighted by atomic mass is 16.5. The van der Waals surface area contributed by atoms with Crippen LogP contribution < -0.4 is 10.1 Å². The molecule has 0 fully saturated rings. The number of hydrogen-bond donors (Lipinski definition) is 2. The number of carboxylic acids is 1. The van der Waals surface area contributed by atoms with Crippen molar-refractivity contribution in [3.63, 3.8) is 0 Å². The van der Waals surface area contributed by atoms with Crippen molar-refractivity contribution in [3.05, 3.63) is 59.7 Å². The third-order valence-electron chi connectivity index (χ3n) is 2.98. The normalized spacial score (nSPS) is 9.96. The van der Waals surface area contributed by atoms with Crippen molar-refractivity contribution >= 4 is 17.7 Å². The largest absolute Gasteiger partial charge is 0.489 e. The first kappa shape index (κ1) is 16.4. The number of aromatic carboxylic acids is 1. The average Bonchev–Trinajstić information content (AvgIpc) is 2.55. The molecule has 0 heterocycles. The first-order valence-corrected chi connectivity index (χ1v) is 7.08. The molecule has 0 saturated carbocycles. The number of carbonyl (C=O) groups is 2. The fraction of sp³-hybridized carbons (Fsp3) is 0.176. The predicted octanol–water partition coefficient (Wildman–Crippen LogP) is 3.53. The summed E-state index contributed by atoms with van der Waals surface area (Å²) in [5.74, 6) is -0.761. The number of carboxylic acid groups (broad SMARTS) is 1. The summed E-state index contributed by atoms with van der Waals surface area (Å²) in [6.45, 7) is 2.19. The summed E-state index contributed by atoms with van der Waals surface area (Å²) < 4.78 is 10.3. The number of amides is 1. The van der Waals surface area contributed by atoms with Crippen LogP contribution in [0.25, 0.3) is 0 Å². The number of ether oxygens (including phenoxy) is 2. The van der Waals surface area contributed by atoms with Gasteiger partial charge in [-0.15, -0.1) is 0 Å². The van der Waals surface area contributed by atoms with Gasteiger partial charge in [-0.05, 0) is 30.7 Å². The number of carbonyl (C=O) groups excluding carboxylic acids is 1. The van der Waals surface area contributed by atoms with E-state index < -0.39 is 12.1 Å². The van der Waals surface area contributed by atoms with Crippen LogP contribution in [0, 0.1) is 0 Å². The van der Waals surface area contributed by atoms with Gasteiger partial charge < -0.3 is 14.6 Å². The molecular weight excluding hydrogens is 298 g/mol. The summed E-state index contributed by atoms with van der Waals surface area (Å²) in [5.41, 5.74) is 1.06. The Morgan fingerprint density at radius 1 is 1.13 bits per heavy atom. The summed E-state index contributed by atoms with van der Waals surface area (Å²) in [6.07, 6.45) is -0.701. The van der Waals surface area contributed by atoms with Gasteiger partial charge in [0, 0.05) is 0 Å². The van der Waals surface area contributed by atoms with Crippen LogP contribution in [0.15, 0.2) is 48.5 Å². The van der Waals surface area contributed by atoms with E-state index in [9.17, 15) is 14.7 Å². The van der Waals surface area contributed by atoms with Crippen molar-refractivity contribution in [2.75, 3.05) is 11.9 Å². The zero-order valence-corrected chi connectivity index (χ0v) is 12.6. The molecule has 0 aliphatic rings. The van der Waals surface area contributed by atoms with Gasteiger partial charge in [-0.1, -0.05) is 30.3 Å². The van der Waals surface area contributed by atoms with Crippen molar-refractivity contribution in [2.24, 2.45) is 0 Å². The number of anilines is 1. The van der Waals surface area contributed by atoms with E-state index >= 15 is 0 Å². The highest BCUT2D eigenvalue weighted by molar-refractivity contribution is 5.99. The van der Waals surface area contributed by atoms with Gasteiger partial charge in [0.05, 0.1) is 17.9 Å². The van der Waals surface area contributed by atoms with Gasteiger partial charge >= 0.3 is 12.1 Å². The molecule has 6 heteroatoms. The lowest BCUT2D eigenvalue weighted by atomic mass is 10.1. The molecule has 2 aromatic carbocycles. The van der Waals surface area contributed by atoms with Crippen molar-refractivity contribution in [1.29, 1.82) is 0 Å². The minimum atomic E-state index is -1.16. The van der Waals surface area contributed by atoms with Gasteiger partial charge in [0.15, 0.2) is 0 Å². The fourth-order valence-corrected chi connectivity index (χ4v) is 1.92. The van der Waals surface area contributed by atoms with E-state index in [2.05, 4.69) is 5.32 Å². The summed E-state index contributed by atoms with van der Waals surface area (Å²) in [5, 5.41) is 11.7. The van der Waals surface area contributed by atoms with Gasteiger partial charge in [0.1, 0.15) is 12.4 Å². The molecule has 2 rings (SSSR count). The van der Waals surface area contributed by atoms with Crippen LogP contribution in [0.4, 0.5) is 10.5 Å². The van der Waals surface area contributed by atoms with Gasteiger partial charge in [-0.2, -0.15) is 0 Å². The van der Waals surface area contributed by atoms with Crippen molar-refractivity contribution in [3.8, 4) is 5.75 Å². The van der Waals surface area contributed by atoms with Crippen LogP contribution in [-0.2, 0) is 11.3 Å². The molecule has 6 nitrogen and oxygen atoms in total. The van der Waals surface area contributed by atoms with Crippen molar-refractivity contribution < 1.29 is 24.2 Å². The number of rotatable bonds is 6. The summed E-state index contributed by atoms with van der Waals surface area (Å²) in [7, 11) is 0. The quantitative estimate of drug-likeness (QED) is 0.851. The third-order valence-corrected chi connectivity index (χ3v) is 2.98. The lowest BCUT2D eigenvalue weighted by molar-refractivity contribution is 0.0697. The average molecular weight is 315 g/mol. The lowest BCUT2D eigenvalue weighted by Gasteiger charge is -2.11. The molecule has 0 bridgehead atoms. The molecule has 0 saturated heterocycles. The van der Waals surface area contributed by atoms with Crippen LogP contribution >= 0.6 is 0 Å². The molecule has 0 atom stereocenters. The Hall–Kier alpha value is -3.02. The number of hydrogen-bond acceptors (Lipinski definition) is 4. The van der Waals surface area contributed by atoms with Gasteiger partial charge in [-0.25, -0.2) is 9.59 Å². The minimum absolute atomic E-state index is 0.0661. The highest BCUT2D eigenvalue weighted by Gasteiger charge is 2.14. The molecule has 1 amide bonds. The third kappa shape index (κ3) is 4.74. The van der Waals surface area contributed by atoms with E-state index in [4.69, 9.17) is 9.47 Å². The van der Waals surface area contributed by atoms with Crippen LogP contribution in [-0.4, -0.2) is 23.8 Å². The Morgan fingerprint density at radius 3 is 2.52 bits per heavy atom. The molecule has 0 spiro atoms. The summed E-state index contributed by atoms with van der Waals surface area (Å²) in [6, 6.07) is 14.0. The lowest BCUT2D eigenvalue weighted by Crippen LogP contribution is -2.16. The zero-order valence-electron chi connectivity index (χ0n) is 12.6. The van der Waals surface area contributed by atoms with Crippen LogP contribution in [0.2, 0.25) is 0 Å². The van der Waals surface area contributed by atoms with E-state index in [1.165, 1.54) is 12.1 Å². The van der Waals surface area contributed by atoms with Gasteiger partial charge in [-0.3, -0.25) is 5.32 Å². The topological polar surface area (TPSA) is 84.9 Å². The molecule has 0 unspecified atom stereocenters.